The lowest BCUT2D eigenvalue weighted by atomic mass is 10.1. The predicted octanol–water partition coefficient (Wildman–Crippen LogP) is 2.27. The third kappa shape index (κ3) is 4.16. The van der Waals surface area contributed by atoms with E-state index in [-0.39, 0.29) is 5.69 Å². The Morgan fingerprint density at radius 2 is 2.25 bits per heavy atom. The van der Waals surface area contributed by atoms with Gasteiger partial charge in [-0.05, 0) is 13.3 Å². The molecule has 110 valence electrons. The van der Waals surface area contributed by atoms with Crippen molar-refractivity contribution >= 4 is 17.3 Å². The van der Waals surface area contributed by atoms with Gasteiger partial charge in [0, 0.05) is 31.9 Å². The van der Waals surface area contributed by atoms with E-state index in [4.69, 9.17) is 9.84 Å². The SMILES string of the molecule is CCOCCCNc1cc(F)c(C(=O)O)cc1[N+](=O)[O-]. The number of nitro groups is 1. The third-order valence-corrected chi connectivity index (χ3v) is 2.50. The molecule has 0 radical (unpaired) electrons. The highest BCUT2D eigenvalue weighted by molar-refractivity contribution is 5.90. The fourth-order valence-corrected chi connectivity index (χ4v) is 1.56. The average molecular weight is 286 g/mol. The maximum Gasteiger partial charge on any atom is 0.338 e. The summed E-state index contributed by atoms with van der Waals surface area (Å²) in [6.45, 7) is 3.25. The first-order chi connectivity index (χ1) is 9.47. The molecular weight excluding hydrogens is 271 g/mol. The van der Waals surface area contributed by atoms with Crippen LogP contribution in [0, 0.1) is 15.9 Å². The standard InChI is InChI=1S/C12H15FN2O5/c1-2-20-5-3-4-14-10-7-9(13)8(12(16)17)6-11(10)15(18)19/h6-7,14H,2-5H2,1H3,(H,16,17). The van der Waals surface area contributed by atoms with Crippen LogP contribution in [0.3, 0.4) is 0 Å². The molecule has 0 fully saturated rings. The van der Waals surface area contributed by atoms with E-state index in [1.54, 1.807) is 0 Å². The highest BCUT2D eigenvalue weighted by atomic mass is 19.1. The molecule has 1 aromatic rings. The Morgan fingerprint density at radius 1 is 1.55 bits per heavy atom. The van der Waals surface area contributed by atoms with E-state index in [0.717, 1.165) is 6.07 Å². The van der Waals surface area contributed by atoms with Gasteiger partial charge in [0.15, 0.2) is 0 Å². The summed E-state index contributed by atoms with van der Waals surface area (Å²) in [5.74, 6) is -2.57. The summed E-state index contributed by atoms with van der Waals surface area (Å²) in [6.07, 6.45) is 0.591. The van der Waals surface area contributed by atoms with E-state index >= 15 is 0 Å². The summed E-state index contributed by atoms with van der Waals surface area (Å²) in [7, 11) is 0. The van der Waals surface area contributed by atoms with Crippen molar-refractivity contribution in [2.75, 3.05) is 25.1 Å². The zero-order valence-electron chi connectivity index (χ0n) is 10.9. The number of rotatable bonds is 8. The molecule has 0 aliphatic rings. The molecule has 0 aromatic heterocycles. The summed E-state index contributed by atoms with van der Waals surface area (Å²) in [5, 5.41) is 22.3. The number of carboxylic acid groups (broad SMARTS) is 1. The molecule has 0 aliphatic carbocycles. The van der Waals surface area contributed by atoms with Crippen LogP contribution in [0.15, 0.2) is 12.1 Å². The number of benzene rings is 1. The number of hydrogen-bond donors (Lipinski definition) is 2. The number of anilines is 1. The largest absolute Gasteiger partial charge is 0.478 e. The number of halogens is 1. The minimum Gasteiger partial charge on any atom is -0.478 e. The Hall–Kier alpha value is -2.22. The van der Waals surface area contributed by atoms with Crippen molar-refractivity contribution in [2.45, 2.75) is 13.3 Å². The number of hydrogen-bond acceptors (Lipinski definition) is 5. The van der Waals surface area contributed by atoms with Crippen LogP contribution in [0.5, 0.6) is 0 Å². The maximum atomic E-state index is 13.5. The molecule has 8 heteroatoms. The van der Waals surface area contributed by atoms with Crippen LogP contribution in [0.25, 0.3) is 0 Å². The lowest BCUT2D eigenvalue weighted by molar-refractivity contribution is -0.384. The van der Waals surface area contributed by atoms with Gasteiger partial charge in [-0.25, -0.2) is 9.18 Å². The van der Waals surface area contributed by atoms with Crippen LogP contribution in [-0.4, -0.2) is 35.8 Å². The minimum atomic E-state index is -1.55. The van der Waals surface area contributed by atoms with Crippen molar-refractivity contribution in [1.82, 2.24) is 0 Å². The second-order valence-electron chi connectivity index (χ2n) is 3.89. The molecule has 2 N–H and O–H groups in total. The maximum absolute atomic E-state index is 13.5. The van der Waals surface area contributed by atoms with Crippen LogP contribution in [-0.2, 0) is 4.74 Å². The van der Waals surface area contributed by atoms with Crippen molar-refractivity contribution in [3.63, 3.8) is 0 Å². The van der Waals surface area contributed by atoms with Gasteiger partial charge in [-0.1, -0.05) is 0 Å². The number of aromatic carboxylic acids is 1. The lowest BCUT2D eigenvalue weighted by Gasteiger charge is -2.08. The Kier molecular flexibility index (Phi) is 5.85. The smallest absolute Gasteiger partial charge is 0.338 e. The number of nitrogens with zero attached hydrogens (tertiary/aromatic N) is 1. The zero-order valence-corrected chi connectivity index (χ0v) is 10.9. The molecule has 1 aromatic carbocycles. The zero-order chi connectivity index (χ0) is 15.1. The highest BCUT2D eigenvalue weighted by Crippen LogP contribution is 2.27. The Labute approximate surface area is 114 Å². The van der Waals surface area contributed by atoms with Gasteiger partial charge in [-0.3, -0.25) is 10.1 Å². The Balaban J connectivity index is 2.86. The van der Waals surface area contributed by atoms with Gasteiger partial charge in [0.1, 0.15) is 17.1 Å². The molecule has 0 bridgehead atoms. The number of carboxylic acids is 1. The fraction of sp³-hybridized carbons (Fsp3) is 0.417. The molecule has 0 atom stereocenters. The molecule has 0 saturated heterocycles. The molecule has 0 amide bonds. The van der Waals surface area contributed by atoms with Gasteiger partial charge in [0.25, 0.3) is 5.69 Å². The first-order valence-corrected chi connectivity index (χ1v) is 6.00. The Bertz CT molecular complexity index is 507. The van der Waals surface area contributed by atoms with E-state index < -0.39 is 28.0 Å². The van der Waals surface area contributed by atoms with Gasteiger partial charge < -0.3 is 15.2 Å². The quantitative estimate of drug-likeness (QED) is 0.432. The first-order valence-electron chi connectivity index (χ1n) is 6.00. The number of ether oxygens (including phenoxy) is 1. The summed E-state index contributed by atoms with van der Waals surface area (Å²) in [6, 6.07) is 1.53. The summed E-state index contributed by atoms with van der Waals surface area (Å²) in [4.78, 5) is 20.9. The topological polar surface area (TPSA) is 102 Å². The van der Waals surface area contributed by atoms with Crippen molar-refractivity contribution in [2.24, 2.45) is 0 Å². The monoisotopic (exact) mass is 286 g/mol. The molecule has 0 aliphatic heterocycles. The normalized spacial score (nSPS) is 10.3. The van der Waals surface area contributed by atoms with E-state index in [0.29, 0.717) is 32.2 Å². The summed E-state index contributed by atoms with van der Waals surface area (Å²) in [5.41, 5.74) is -1.24. The van der Waals surface area contributed by atoms with Gasteiger partial charge in [-0.2, -0.15) is 0 Å². The van der Waals surface area contributed by atoms with Crippen LogP contribution < -0.4 is 5.32 Å². The fourth-order valence-electron chi connectivity index (χ4n) is 1.56. The van der Waals surface area contributed by atoms with E-state index in [1.807, 2.05) is 6.92 Å². The van der Waals surface area contributed by atoms with E-state index in [2.05, 4.69) is 5.32 Å². The Morgan fingerprint density at radius 3 is 2.80 bits per heavy atom. The second-order valence-corrected chi connectivity index (χ2v) is 3.89. The van der Waals surface area contributed by atoms with Crippen LogP contribution in [0.4, 0.5) is 15.8 Å². The first kappa shape index (κ1) is 15.8. The lowest BCUT2D eigenvalue weighted by Crippen LogP contribution is -2.09. The molecule has 0 unspecified atom stereocenters. The highest BCUT2D eigenvalue weighted by Gasteiger charge is 2.21. The summed E-state index contributed by atoms with van der Waals surface area (Å²) >= 11 is 0. The van der Waals surface area contributed by atoms with Gasteiger partial charge in [0.2, 0.25) is 0 Å². The molecule has 0 heterocycles. The van der Waals surface area contributed by atoms with Crippen LogP contribution in [0.2, 0.25) is 0 Å². The van der Waals surface area contributed by atoms with Crippen LogP contribution >= 0.6 is 0 Å². The second kappa shape index (κ2) is 7.39. The van der Waals surface area contributed by atoms with Gasteiger partial charge >= 0.3 is 5.97 Å². The van der Waals surface area contributed by atoms with Crippen molar-refractivity contribution in [1.29, 1.82) is 0 Å². The average Bonchev–Trinajstić information content (AvgIpc) is 2.37. The van der Waals surface area contributed by atoms with E-state index in [9.17, 15) is 19.3 Å². The van der Waals surface area contributed by atoms with Crippen molar-refractivity contribution in [3.05, 3.63) is 33.6 Å². The molecule has 7 nitrogen and oxygen atoms in total. The predicted molar refractivity (Wildman–Crippen MR) is 69.6 cm³/mol. The molecule has 0 spiro atoms. The van der Waals surface area contributed by atoms with Gasteiger partial charge in [-0.15, -0.1) is 0 Å². The number of nitro benzene ring substituents is 1. The third-order valence-electron chi connectivity index (χ3n) is 2.50. The van der Waals surface area contributed by atoms with Crippen molar-refractivity contribution in [3.8, 4) is 0 Å². The molecular formula is C12H15FN2O5. The number of nitrogens with one attached hydrogen (secondary N) is 1. The number of carbonyl (C=O) groups is 1. The van der Waals surface area contributed by atoms with E-state index in [1.165, 1.54) is 0 Å². The van der Waals surface area contributed by atoms with Crippen molar-refractivity contribution < 1.29 is 24.0 Å². The molecule has 0 saturated carbocycles. The van der Waals surface area contributed by atoms with Gasteiger partial charge in [0.05, 0.1) is 4.92 Å². The molecule has 20 heavy (non-hydrogen) atoms. The minimum absolute atomic E-state index is 0.0472. The molecule has 1 rings (SSSR count). The summed E-state index contributed by atoms with van der Waals surface area (Å²) < 4.78 is 18.6. The van der Waals surface area contributed by atoms with Crippen LogP contribution in [0.1, 0.15) is 23.7 Å².